The fraction of sp³-hybridized carbons (Fsp3) is 0. The molecule has 0 amide bonds. The highest BCUT2D eigenvalue weighted by atomic mass is 24.3. The van der Waals surface area contributed by atoms with Crippen LogP contribution in [0.3, 0.4) is 0 Å². The summed E-state index contributed by atoms with van der Waals surface area (Å²) >= 11 is 0. The van der Waals surface area contributed by atoms with Gasteiger partial charge in [0, 0.05) is 28.6 Å². The molecule has 0 fully saturated rings. The minimum Gasteiger partial charge on any atom is -0.504 e. The third-order valence-electron chi connectivity index (χ3n) is 3.01. The maximum absolute atomic E-state index is 12.1. The van der Waals surface area contributed by atoms with E-state index in [0.717, 1.165) is 0 Å². The van der Waals surface area contributed by atoms with Crippen LogP contribution in [0.2, 0.25) is 0 Å². The first kappa shape index (κ1) is 15.2. The Hall–Kier alpha value is -2.18. The Morgan fingerprint density at radius 2 is 1.62 bits per heavy atom. The van der Waals surface area contributed by atoms with Gasteiger partial charge >= 0.3 is 0 Å². The Balaban J connectivity index is 0.00000161. The summed E-state index contributed by atoms with van der Waals surface area (Å²) in [6.45, 7) is 0. The van der Waals surface area contributed by atoms with E-state index in [1.807, 2.05) is 0 Å². The molecule has 0 bridgehead atoms. The Kier molecular flexibility index (Phi) is 4.10. The van der Waals surface area contributed by atoms with E-state index in [9.17, 15) is 20.1 Å². The molecule has 6 heteroatoms. The molecule has 0 saturated carbocycles. The van der Waals surface area contributed by atoms with Crippen molar-refractivity contribution >= 4 is 34.0 Å². The lowest BCUT2D eigenvalue weighted by Gasteiger charge is -2.06. The molecule has 0 aliphatic rings. The lowest BCUT2D eigenvalue weighted by atomic mass is 10.1. The van der Waals surface area contributed by atoms with Gasteiger partial charge in [0.1, 0.15) is 5.58 Å². The Morgan fingerprint density at radius 3 is 2.33 bits per heavy atom. The first-order valence-electron chi connectivity index (χ1n) is 5.85. The van der Waals surface area contributed by atoms with E-state index in [4.69, 9.17) is 4.42 Å². The molecule has 5 nitrogen and oxygen atoms in total. The molecule has 0 spiro atoms. The number of fused-ring (bicyclic) bond motifs is 1. The minimum absolute atomic E-state index is 0. The van der Waals surface area contributed by atoms with E-state index < -0.39 is 11.2 Å². The highest BCUT2D eigenvalue weighted by molar-refractivity contribution is 5.82. The SMILES string of the molecule is O=c1c(O)c(-c2ccc(O)c(O)c2)oc2ccccc12.[Mg]. The zero-order valence-electron chi connectivity index (χ0n) is 10.9. The predicted molar refractivity (Wildman–Crippen MR) is 78.7 cm³/mol. The minimum atomic E-state index is -0.547. The second-order valence-electron chi connectivity index (χ2n) is 4.31. The highest BCUT2D eigenvalue weighted by Gasteiger charge is 2.16. The second-order valence-corrected chi connectivity index (χ2v) is 4.31. The van der Waals surface area contributed by atoms with Crippen LogP contribution in [0.4, 0.5) is 0 Å². The van der Waals surface area contributed by atoms with Crippen LogP contribution in [-0.4, -0.2) is 38.4 Å². The third-order valence-corrected chi connectivity index (χ3v) is 3.01. The van der Waals surface area contributed by atoms with Gasteiger partial charge in [0.15, 0.2) is 17.3 Å². The number of phenolic OH excluding ortho intramolecular Hbond substituents is 2. The number of phenols is 2. The summed E-state index contributed by atoms with van der Waals surface area (Å²) in [7, 11) is 0. The maximum Gasteiger partial charge on any atom is 0.235 e. The van der Waals surface area contributed by atoms with E-state index in [0.29, 0.717) is 11.1 Å². The maximum atomic E-state index is 12.1. The number of para-hydroxylation sites is 1. The van der Waals surface area contributed by atoms with Crippen LogP contribution >= 0.6 is 0 Å². The van der Waals surface area contributed by atoms with Crippen molar-refractivity contribution in [2.24, 2.45) is 0 Å². The molecule has 3 aromatic rings. The zero-order chi connectivity index (χ0) is 14.3. The zero-order valence-corrected chi connectivity index (χ0v) is 12.3. The number of hydrogen-bond acceptors (Lipinski definition) is 5. The highest BCUT2D eigenvalue weighted by Crippen LogP contribution is 2.34. The van der Waals surface area contributed by atoms with Gasteiger partial charge < -0.3 is 19.7 Å². The largest absolute Gasteiger partial charge is 0.504 e. The average molecular weight is 295 g/mol. The van der Waals surface area contributed by atoms with Gasteiger partial charge in [-0.05, 0) is 30.3 Å². The molecule has 3 N–H and O–H groups in total. The van der Waals surface area contributed by atoms with Crippen LogP contribution in [0.1, 0.15) is 0 Å². The standard InChI is InChI=1S/C15H10O5.Mg/c16-10-6-5-8(7-11(10)17)15-14(19)13(18)9-3-1-2-4-12(9)20-15;/h1-7,16-17,19H;. The number of benzene rings is 2. The normalized spacial score (nSPS) is 10.3. The van der Waals surface area contributed by atoms with E-state index >= 15 is 0 Å². The summed E-state index contributed by atoms with van der Waals surface area (Å²) in [5.41, 5.74) is 0.0768. The number of aromatic hydroxyl groups is 3. The molecule has 0 unspecified atom stereocenters. The molecular weight excluding hydrogens is 284 g/mol. The fourth-order valence-electron chi connectivity index (χ4n) is 1.99. The van der Waals surface area contributed by atoms with Gasteiger partial charge in [-0.2, -0.15) is 0 Å². The topological polar surface area (TPSA) is 90.9 Å². The molecular formula is C15H10MgO5. The molecule has 0 aliphatic heterocycles. The first-order chi connectivity index (χ1) is 9.58. The van der Waals surface area contributed by atoms with Crippen LogP contribution in [0.15, 0.2) is 51.7 Å². The van der Waals surface area contributed by atoms with Crippen molar-refractivity contribution in [3.63, 3.8) is 0 Å². The molecule has 0 aliphatic carbocycles. The van der Waals surface area contributed by atoms with Crippen molar-refractivity contribution in [1.82, 2.24) is 0 Å². The van der Waals surface area contributed by atoms with Gasteiger partial charge in [0.25, 0.3) is 0 Å². The molecule has 3 rings (SSSR count). The summed E-state index contributed by atoms with van der Waals surface area (Å²) in [6.07, 6.45) is 0. The molecule has 1 aromatic heterocycles. The van der Waals surface area contributed by atoms with Gasteiger partial charge in [0.2, 0.25) is 11.2 Å². The van der Waals surface area contributed by atoms with E-state index in [1.54, 1.807) is 24.3 Å². The second kappa shape index (κ2) is 5.67. The molecule has 2 aromatic carbocycles. The van der Waals surface area contributed by atoms with Crippen LogP contribution in [-0.2, 0) is 0 Å². The molecule has 21 heavy (non-hydrogen) atoms. The monoisotopic (exact) mass is 294 g/mol. The van der Waals surface area contributed by atoms with Gasteiger partial charge in [-0.15, -0.1) is 0 Å². The smallest absolute Gasteiger partial charge is 0.235 e. The molecule has 1 heterocycles. The van der Waals surface area contributed by atoms with Crippen molar-refractivity contribution < 1.29 is 19.7 Å². The molecule has 0 saturated heterocycles. The van der Waals surface area contributed by atoms with Crippen LogP contribution < -0.4 is 5.43 Å². The molecule has 102 valence electrons. The van der Waals surface area contributed by atoms with Crippen LogP contribution in [0.25, 0.3) is 22.3 Å². The quantitative estimate of drug-likeness (QED) is 0.473. The fourth-order valence-corrected chi connectivity index (χ4v) is 1.99. The van der Waals surface area contributed by atoms with Crippen molar-refractivity contribution in [3.05, 3.63) is 52.7 Å². The van der Waals surface area contributed by atoms with Gasteiger partial charge in [-0.25, -0.2) is 0 Å². The summed E-state index contributed by atoms with van der Waals surface area (Å²) in [6, 6.07) is 10.4. The first-order valence-corrected chi connectivity index (χ1v) is 5.85. The average Bonchev–Trinajstić information content (AvgIpc) is 2.46. The van der Waals surface area contributed by atoms with Crippen molar-refractivity contribution in [3.8, 4) is 28.6 Å². The van der Waals surface area contributed by atoms with Crippen LogP contribution in [0.5, 0.6) is 17.2 Å². The van der Waals surface area contributed by atoms with E-state index in [-0.39, 0.29) is 45.7 Å². The van der Waals surface area contributed by atoms with Gasteiger partial charge in [-0.3, -0.25) is 4.79 Å². The van der Waals surface area contributed by atoms with Gasteiger partial charge in [0.05, 0.1) is 5.39 Å². The Labute approximate surface area is 135 Å². The summed E-state index contributed by atoms with van der Waals surface area (Å²) in [5, 5.41) is 29.0. The molecule has 0 atom stereocenters. The van der Waals surface area contributed by atoms with Crippen molar-refractivity contribution in [1.29, 1.82) is 0 Å². The Bertz CT molecular complexity index is 870. The number of rotatable bonds is 1. The molecule has 2 radical (unpaired) electrons. The summed E-state index contributed by atoms with van der Waals surface area (Å²) in [4.78, 5) is 12.1. The lowest BCUT2D eigenvalue weighted by Crippen LogP contribution is -2.02. The van der Waals surface area contributed by atoms with E-state index in [1.165, 1.54) is 18.2 Å². The van der Waals surface area contributed by atoms with Gasteiger partial charge in [-0.1, -0.05) is 12.1 Å². The third kappa shape index (κ3) is 2.55. The van der Waals surface area contributed by atoms with Crippen LogP contribution in [0, 0.1) is 0 Å². The number of hydrogen-bond donors (Lipinski definition) is 3. The lowest BCUT2D eigenvalue weighted by molar-refractivity contribution is 0.403. The summed E-state index contributed by atoms with van der Waals surface area (Å²) < 4.78 is 5.51. The van der Waals surface area contributed by atoms with E-state index in [2.05, 4.69) is 0 Å². The van der Waals surface area contributed by atoms with Crippen molar-refractivity contribution in [2.45, 2.75) is 0 Å². The predicted octanol–water partition coefficient (Wildman–Crippen LogP) is 2.20. The Morgan fingerprint density at radius 1 is 0.905 bits per heavy atom. The van der Waals surface area contributed by atoms with Crippen molar-refractivity contribution in [2.75, 3.05) is 0 Å². The summed E-state index contributed by atoms with van der Waals surface area (Å²) in [5.74, 6) is -1.24.